The Morgan fingerprint density at radius 3 is 0.972 bits per heavy atom. The molecule has 109 heavy (non-hydrogen) atoms. The molecular formula is C105H88N2O2. The molecule has 15 aromatic rings. The summed E-state index contributed by atoms with van der Waals surface area (Å²) in [5.74, 6) is 2.30. The highest BCUT2D eigenvalue weighted by Crippen LogP contribution is 2.59. The maximum absolute atomic E-state index is 6.60. The highest BCUT2D eigenvalue weighted by atomic mass is 16.5. The summed E-state index contributed by atoms with van der Waals surface area (Å²) in [6.07, 6.45) is 2.88. The van der Waals surface area contributed by atoms with Crippen molar-refractivity contribution in [2.45, 2.75) is 83.0 Å². The van der Waals surface area contributed by atoms with Crippen molar-refractivity contribution in [1.82, 2.24) is 0 Å². The Bertz CT molecular complexity index is 5520. The van der Waals surface area contributed by atoms with E-state index in [2.05, 4.69) is 409 Å². The third kappa shape index (κ3) is 12.3. The second kappa shape index (κ2) is 28.3. The van der Waals surface area contributed by atoms with Crippen LogP contribution in [0.5, 0.6) is 11.5 Å². The Morgan fingerprint density at radius 1 is 0.266 bits per heavy atom. The van der Waals surface area contributed by atoms with Crippen LogP contribution in [-0.4, -0.2) is 13.2 Å². The van der Waals surface area contributed by atoms with Crippen LogP contribution in [-0.2, 0) is 16.2 Å². The fourth-order valence-electron chi connectivity index (χ4n) is 17.7. The fourth-order valence-corrected chi connectivity index (χ4v) is 17.7. The standard InChI is InChI=1S/C105H88N2O2/c1-7-71(2)72-41-57-89(58-42-72)108-65-21-22-66-109-90-59-45-82(46-60-90)105(81-27-15-10-16-28-81)101-67-79(77-37-51-85(52-38-77)106(83-47-33-75(34-48-83)73-23-11-8-12-24-73)87-55-63-93-91-29-17-19-31-97(91)103(3,4)99(93)69-87)43-61-95(101)96-62-44-80(68-102(96)105)78-39-53-86(54-40-78)107(84-49-35-76(36-50-84)74-25-13-9-14-26-74)88-56-64-94-92-30-18-20-32-98(92)104(5,6)100(94)70-88/h8-20,23-64,67-71H,7,21-22,65-66H2,1-6H3. The van der Waals surface area contributed by atoms with Crippen LogP contribution in [0.2, 0.25) is 0 Å². The zero-order valence-corrected chi connectivity index (χ0v) is 62.9. The fraction of sp³-hybridized carbons (Fsp3) is 0.143. The molecule has 18 rings (SSSR count). The van der Waals surface area contributed by atoms with Gasteiger partial charge in [-0.3, -0.25) is 0 Å². The van der Waals surface area contributed by atoms with Gasteiger partial charge in [0.15, 0.2) is 0 Å². The van der Waals surface area contributed by atoms with Crippen molar-refractivity contribution in [3.63, 3.8) is 0 Å². The van der Waals surface area contributed by atoms with Crippen molar-refractivity contribution in [3.05, 3.63) is 408 Å². The monoisotopic (exact) mass is 1410 g/mol. The van der Waals surface area contributed by atoms with Crippen molar-refractivity contribution < 1.29 is 9.47 Å². The number of anilines is 6. The van der Waals surface area contributed by atoms with Crippen LogP contribution >= 0.6 is 0 Å². The Morgan fingerprint density at radius 2 is 0.569 bits per heavy atom. The smallest absolute Gasteiger partial charge is 0.119 e. The summed E-state index contributed by atoms with van der Waals surface area (Å²) in [5.41, 5.74) is 34.2. The SMILES string of the molecule is CCC(C)c1ccc(OCCCCOc2ccc(C3(c4ccccc4)c4cc(-c5ccc(N(c6ccc(-c7ccccc7)cc6)c6ccc7c(c6)C(C)(C)c6ccccc6-7)cc5)ccc4-c4ccc(-c5ccc(N(c6ccc(-c7ccccc7)cc6)c6ccc7c(c6)C(C)(C)c6ccccc6-7)cc5)cc43)cc2)cc1. The molecule has 0 saturated carbocycles. The van der Waals surface area contributed by atoms with E-state index in [0.29, 0.717) is 19.1 Å². The molecule has 3 aliphatic carbocycles. The first kappa shape index (κ1) is 68.3. The topological polar surface area (TPSA) is 24.9 Å². The Balaban J connectivity index is 0.713. The second-order valence-corrected chi connectivity index (χ2v) is 30.8. The second-order valence-electron chi connectivity index (χ2n) is 30.8. The summed E-state index contributed by atoms with van der Waals surface area (Å²) in [4.78, 5) is 4.85. The first-order chi connectivity index (χ1) is 53.4. The van der Waals surface area contributed by atoms with E-state index in [0.717, 1.165) is 87.1 Å². The highest BCUT2D eigenvalue weighted by molar-refractivity contribution is 5.93. The lowest BCUT2D eigenvalue weighted by Crippen LogP contribution is -2.28. The van der Waals surface area contributed by atoms with Crippen molar-refractivity contribution in [2.24, 2.45) is 0 Å². The summed E-state index contributed by atoms with van der Waals surface area (Å²) >= 11 is 0. The lowest BCUT2D eigenvalue weighted by Gasteiger charge is -2.34. The van der Waals surface area contributed by atoms with Gasteiger partial charge in [-0.15, -0.1) is 0 Å². The van der Waals surface area contributed by atoms with Gasteiger partial charge < -0.3 is 19.3 Å². The molecule has 0 saturated heterocycles. The molecule has 0 spiro atoms. The molecule has 1 unspecified atom stereocenters. The number of fused-ring (bicyclic) bond motifs is 9. The van der Waals surface area contributed by atoms with Crippen LogP contribution in [0.25, 0.3) is 77.9 Å². The van der Waals surface area contributed by atoms with Crippen LogP contribution in [0.3, 0.4) is 0 Å². The van der Waals surface area contributed by atoms with E-state index in [1.807, 2.05) is 0 Å². The predicted octanol–water partition coefficient (Wildman–Crippen LogP) is 28.0. The molecule has 15 aromatic carbocycles. The normalized spacial score (nSPS) is 13.8. The summed E-state index contributed by atoms with van der Waals surface area (Å²) < 4.78 is 12.8. The number of nitrogens with zero attached hydrogens (tertiary/aromatic N) is 2. The molecule has 0 radical (unpaired) electrons. The minimum Gasteiger partial charge on any atom is -0.494 e. The average molecular weight is 1410 g/mol. The number of hydrogen-bond acceptors (Lipinski definition) is 4. The van der Waals surface area contributed by atoms with Gasteiger partial charge in [0.05, 0.1) is 18.6 Å². The van der Waals surface area contributed by atoms with E-state index in [4.69, 9.17) is 9.47 Å². The van der Waals surface area contributed by atoms with Gasteiger partial charge >= 0.3 is 0 Å². The average Bonchev–Trinajstić information content (AvgIpc) is 1.52. The van der Waals surface area contributed by atoms with E-state index in [1.165, 1.54) is 106 Å². The van der Waals surface area contributed by atoms with Gasteiger partial charge in [0.2, 0.25) is 0 Å². The van der Waals surface area contributed by atoms with Crippen molar-refractivity contribution in [3.8, 4) is 89.4 Å². The van der Waals surface area contributed by atoms with Gasteiger partial charge in [-0.05, 0) is 262 Å². The van der Waals surface area contributed by atoms with Crippen LogP contribution in [0.15, 0.2) is 358 Å². The third-order valence-electron chi connectivity index (χ3n) is 23.8. The maximum atomic E-state index is 6.60. The quantitative estimate of drug-likeness (QED) is 0.0670. The van der Waals surface area contributed by atoms with E-state index >= 15 is 0 Å². The van der Waals surface area contributed by atoms with E-state index in [9.17, 15) is 0 Å². The zero-order valence-electron chi connectivity index (χ0n) is 62.9. The lowest BCUT2D eigenvalue weighted by molar-refractivity contribution is 0.266. The molecule has 4 nitrogen and oxygen atoms in total. The van der Waals surface area contributed by atoms with Crippen molar-refractivity contribution >= 4 is 34.1 Å². The molecule has 0 fully saturated rings. The van der Waals surface area contributed by atoms with Crippen LogP contribution in [0.1, 0.15) is 117 Å². The van der Waals surface area contributed by atoms with Crippen LogP contribution < -0.4 is 19.3 Å². The third-order valence-corrected chi connectivity index (χ3v) is 23.8. The summed E-state index contributed by atoms with van der Waals surface area (Å²) in [5, 5.41) is 0. The lowest BCUT2D eigenvalue weighted by atomic mass is 9.67. The molecule has 0 heterocycles. The Hall–Kier alpha value is -12.5. The van der Waals surface area contributed by atoms with Gasteiger partial charge in [-0.2, -0.15) is 0 Å². The Kier molecular flexibility index (Phi) is 17.8. The molecule has 0 bridgehead atoms. The molecule has 0 aromatic heterocycles. The summed E-state index contributed by atoms with van der Waals surface area (Å²) in [6, 6.07) is 133. The minimum atomic E-state index is -0.728. The molecule has 530 valence electrons. The molecule has 0 aliphatic heterocycles. The largest absolute Gasteiger partial charge is 0.494 e. The van der Waals surface area contributed by atoms with Gasteiger partial charge in [-0.25, -0.2) is 0 Å². The number of rotatable bonds is 21. The van der Waals surface area contributed by atoms with Crippen LogP contribution in [0.4, 0.5) is 34.1 Å². The van der Waals surface area contributed by atoms with E-state index in [-0.39, 0.29) is 10.8 Å². The molecule has 4 heteroatoms. The molecule has 0 amide bonds. The Labute approximate surface area is 642 Å². The van der Waals surface area contributed by atoms with Gasteiger partial charge in [0.25, 0.3) is 0 Å². The maximum Gasteiger partial charge on any atom is 0.119 e. The van der Waals surface area contributed by atoms with E-state index < -0.39 is 5.41 Å². The number of unbranched alkanes of at least 4 members (excludes halogenated alkanes) is 1. The van der Waals surface area contributed by atoms with Gasteiger partial charge in [-0.1, -0.05) is 290 Å². The van der Waals surface area contributed by atoms with E-state index in [1.54, 1.807) is 0 Å². The predicted molar refractivity (Wildman–Crippen MR) is 455 cm³/mol. The molecule has 0 N–H and O–H groups in total. The molecule has 1 atom stereocenters. The molecular weight excluding hydrogens is 1320 g/mol. The van der Waals surface area contributed by atoms with Crippen LogP contribution in [0, 0.1) is 0 Å². The first-order valence-corrected chi connectivity index (χ1v) is 38.8. The van der Waals surface area contributed by atoms with Gasteiger partial charge in [0, 0.05) is 45.0 Å². The number of benzene rings is 15. The summed E-state index contributed by atoms with van der Waals surface area (Å²) in [7, 11) is 0. The highest BCUT2D eigenvalue weighted by Gasteiger charge is 2.47. The van der Waals surface area contributed by atoms with Gasteiger partial charge in [0.1, 0.15) is 11.5 Å². The van der Waals surface area contributed by atoms with Crippen molar-refractivity contribution in [1.29, 1.82) is 0 Å². The number of hydrogen-bond donors (Lipinski definition) is 0. The molecule has 3 aliphatic rings. The number of ether oxygens (including phenoxy) is 2. The minimum absolute atomic E-state index is 0.159. The van der Waals surface area contributed by atoms with Crippen molar-refractivity contribution in [2.75, 3.05) is 23.0 Å². The summed E-state index contributed by atoms with van der Waals surface area (Å²) in [6.45, 7) is 15.2. The zero-order chi connectivity index (χ0) is 73.8. The first-order valence-electron chi connectivity index (χ1n) is 38.8.